The van der Waals surface area contributed by atoms with E-state index in [0.717, 1.165) is 44.9 Å². The third-order valence-corrected chi connectivity index (χ3v) is 2.78. The molecule has 0 heterocycles. The van der Waals surface area contributed by atoms with Crippen LogP contribution in [0.1, 0.15) is 70.6 Å². The maximum absolute atomic E-state index is 10.3. The van der Waals surface area contributed by atoms with Gasteiger partial charge in [0.2, 0.25) is 0 Å². The Balaban J connectivity index is 3.12. The van der Waals surface area contributed by atoms with E-state index < -0.39 is 5.97 Å². The number of aliphatic hydroxyl groups excluding tert-OH is 1. The van der Waals surface area contributed by atoms with Crippen molar-refractivity contribution in [2.24, 2.45) is 0 Å². The first kappa shape index (κ1) is 17.0. The van der Waals surface area contributed by atoms with E-state index in [4.69, 9.17) is 10.2 Å². The Morgan fingerprint density at radius 2 is 1.28 bits per heavy atom. The van der Waals surface area contributed by atoms with Gasteiger partial charge in [0.1, 0.15) is 0 Å². The van der Waals surface area contributed by atoms with E-state index in [2.05, 4.69) is 11.8 Å². The molecule has 2 N–H and O–H groups in total. The lowest BCUT2D eigenvalue weighted by molar-refractivity contribution is -0.137. The average Bonchev–Trinajstić information content (AvgIpc) is 2.34. The summed E-state index contributed by atoms with van der Waals surface area (Å²) >= 11 is 0. The molecule has 0 aliphatic heterocycles. The molecule has 3 heteroatoms. The first-order valence-electron chi connectivity index (χ1n) is 7.05. The fourth-order valence-electron chi connectivity index (χ4n) is 1.70. The van der Waals surface area contributed by atoms with Crippen LogP contribution < -0.4 is 0 Å². The van der Waals surface area contributed by atoms with Crippen molar-refractivity contribution >= 4 is 5.97 Å². The molecule has 0 fully saturated rings. The van der Waals surface area contributed by atoms with Crippen molar-refractivity contribution in [2.75, 3.05) is 6.61 Å². The lowest BCUT2D eigenvalue weighted by Gasteiger charge is -1.97. The molecule has 0 radical (unpaired) electrons. The molecule has 0 bridgehead atoms. The topological polar surface area (TPSA) is 57.5 Å². The monoisotopic (exact) mass is 254 g/mol. The van der Waals surface area contributed by atoms with Gasteiger partial charge in [-0.15, -0.1) is 11.8 Å². The molecule has 0 saturated carbocycles. The predicted molar refractivity (Wildman–Crippen MR) is 73.3 cm³/mol. The Morgan fingerprint density at radius 3 is 1.83 bits per heavy atom. The van der Waals surface area contributed by atoms with Crippen LogP contribution >= 0.6 is 0 Å². The zero-order valence-electron chi connectivity index (χ0n) is 11.3. The molecule has 0 aliphatic rings. The second-order valence-electron chi connectivity index (χ2n) is 4.55. The van der Waals surface area contributed by atoms with Gasteiger partial charge in [0, 0.05) is 25.9 Å². The summed E-state index contributed by atoms with van der Waals surface area (Å²) in [5.74, 6) is 5.51. The third-order valence-electron chi connectivity index (χ3n) is 2.78. The van der Waals surface area contributed by atoms with Crippen molar-refractivity contribution in [2.45, 2.75) is 70.6 Å². The highest BCUT2D eigenvalue weighted by atomic mass is 16.4. The number of aliphatic carboxylic acids is 1. The maximum atomic E-state index is 10.3. The summed E-state index contributed by atoms with van der Waals surface area (Å²) in [4.78, 5) is 10.3. The quantitative estimate of drug-likeness (QED) is 0.439. The van der Waals surface area contributed by atoms with E-state index in [1.807, 2.05) is 0 Å². The Bertz CT molecular complexity index is 250. The fourth-order valence-corrected chi connectivity index (χ4v) is 1.70. The number of aliphatic hydroxyl groups is 1. The Labute approximate surface area is 111 Å². The van der Waals surface area contributed by atoms with Crippen LogP contribution in [0.5, 0.6) is 0 Å². The van der Waals surface area contributed by atoms with Crippen LogP contribution in [0.2, 0.25) is 0 Å². The van der Waals surface area contributed by atoms with Crippen molar-refractivity contribution in [1.29, 1.82) is 0 Å². The van der Waals surface area contributed by atoms with Gasteiger partial charge in [-0.2, -0.15) is 0 Å². The van der Waals surface area contributed by atoms with Gasteiger partial charge < -0.3 is 10.2 Å². The Kier molecular flexibility index (Phi) is 13.3. The summed E-state index contributed by atoms with van der Waals surface area (Å²) in [5.41, 5.74) is 0. The zero-order chi connectivity index (χ0) is 13.5. The van der Waals surface area contributed by atoms with Crippen LogP contribution in [-0.4, -0.2) is 22.8 Å². The molecule has 3 nitrogen and oxygen atoms in total. The van der Waals surface area contributed by atoms with Gasteiger partial charge in [0.15, 0.2) is 0 Å². The SMILES string of the molecule is O=C(O)CCCCC#CCCCCCCCCO. The Morgan fingerprint density at radius 1 is 0.778 bits per heavy atom. The summed E-state index contributed by atoms with van der Waals surface area (Å²) in [7, 11) is 0. The van der Waals surface area contributed by atoms with Crippen molar-refractivity contribution < 1.29 is 15.0 Å². The Hall–Kier alpha value is -1.01. The summed E-state index contributed by atoms with van der Waals surface area (Å²) in [6.45, 7) is 0.313. The molecule has 0 aromatic heterocycles. The first-order chi connectivity index (χ1) is 8.77. The predicted octanol–water partition coefficient (Wildman–Crippen LogP) is 3.36. The van der Waals surface area contributed by atoms with Gasteiger partial charge in [-0.1, -0.05) is 25.7 Å². The molecule has 0 atom stereocenters. The summed E-state index contributed by atoms with van der Waals surface area (Å²) in [5, 5.41) is 17.0. The lowest BCUT2D eigenvalue weighted by Crippen LogP contribution is -1.92. The van der Waals surface area contributed by atoms with Crippen molar-refractivity contribution in [1.82, 2.24) is 0 Å². The maximum Gasteiger partial charge on any atom is 0.303 e. The molecule has 0 aliphatic carbocycles. The minimum Gasteiger partial charge on any atom is -0.481 e. The van der Waals surface area contributed by atoms with E-state index in [1.165, 1.54) is 19.3 Å². The number of unbranched alkanes of at least 4 members (excludes halogenated alkanes) is 8. The highest BCUT2D eigenvalue weighted by Crippen LogP contribution is 2.06. The largest absolute Gasteiger partial charge is 0.481 e. The van der Waals surface area contributed by atoms with Crippen LogP contribution in [0, 0.1) is 11.8 Å². The summed E-state index contributed by atoms with van der Waals surface area (Å²) < 4.78 is 0. The zero-order valence-corrected chi connectivity index (χ0v) is 11.3. The number of carbonyl (C=O) groups is 1. The second kappa shape index (κ2) is 14.1. The highest BCUT2D eigenvalue weighted by molar-refractivity contribution is 5.66. The molecule has 0 saturated heterocycles. The number of carboxylic acid groups (broad SMARTS) is 1. The van der Waals surface area contributed by atoms with E-state index in [0.29, 0.717) is 6.61 Å². The number of rotatable bonds is 11. The number of carboxylic acids is 1. The summed E-state index contributed by atoms with van der Waals surface area (Å²) in [6, 6.07) is 0. The van der Waals surface area contributed by atoms with Gasteiger partial charge in [-0.25, -0.2) is 0 Å². The van der Waals surface area contributed by atoms with Crippen molar-refractivity contribution in [3.05, 3.63) is 0 Å². The van der Waals surface area contributed by atoms with Gasteiger partial charge in [-0.3, -0.25) is 4.79 Å². The van der Waals surface area contributed by atoms with E-state index in [-0.39, 0.29) is 6.42 Å². The van der Waals surface area contributed by atoms with Gasteiger partial charge in [-0.05, 0) is 25.7 Å². The smallest absolute Gasteiger partial charge is 0.303 e. The molecule has 104 valence electrons. The third kappa shape index (κ3) is 15.0. The van der Waals surface area contributed by atoms with E-state index >= 15 is 0 Å². The van der Waals surface area contributed by atoms with Crippen molar-refractivity contribution in [3.8, 4) is 11.8 Å². The molecule has 0 amide bonds. The normalized spacial score (nSPS) is 9.83. The molecule has 0 aromatic rings. The van der Waals surface area contributed by atoms with Crippen molar-refractivity contribution in [3.63, 3.8) is 0 Å². The van der Waals surface area contributed by atoms with Crippen LogP contribution in [0.15, 0.2) is 0 Å². The molecule has 0 unspecified atom stereocenters. The van der Waals surface area contributed by atoms with Gasteiger partial charge in [0.05, 0.1) is 0 Å². The molecular formula is C15H26O3. The van der Waals surface area contributed by atoms with Crippen LogP contribution in [0.25, 0.3) is 0 Å². The molecule has 0 spiro atoms. The van der Waals surface area contributed by atoms with E-state index in [1.54, 1.807) is 0 Å². The lowest BCUT2D eigenvalue weighted by atomic mass is 10.1. The van der Waals surface area contributed by atoms with Gasteiger partial charge >= 0.3 is 5.97 Å². The van der Waals surface area contributed by atoms with Gasteiger partial charge in [0.25, 0.3) is 0 Å². The fraction of sp³-hybridized carbons (Fsp3) is 0.800. The first-order valence-corrected chi connectivity index (χ1v) is 7.05. The highest BCUT2D eigenvalue weighted by Gasteiger charge is 1.94. The van der Waals surface area contributed by atoms with Crippen LogP contribution in [0.3, 0.4) is 0 Å². The average molecular weight is 254 g/mol. The summed E-state index contributed by atoms with van der Waals surface area (Å²) in [6.07, 6.45) is 10.5. The second-order valence-corrected chi connectivity index (χ2v) is 4.55. The minimum absolute atomic E-state index is 0.259. The molecule has 0 rings (SSSR count). The number of hydrogen-bond donors (Lipinski definition) is 2. The minimum atomic E-state index is -0.718. The molecule has 18 heavy (non-hydrogen) atoms. The standard InChI is InChI=1S/C15H26O3/c16-14-12-10-8-6-4-2-1-3-5-7-9-11-13-15(17)18/h16H,1-2,4,6-14H2,(H,17,18). The van der Waals surface area contributed by atoms with Crippen LogP contribution in [-0.2, 0) is 4.79 Å². The van der Waals surface area contributed by atoms with E-state index in [9.17, 15) is 4.79 Å². The van der Waals surface area contributed by atoms with Crippen LogP contribution in [0.4, 0.5) is 0 Å². The molecule has 0 aromatic carbocycles. The molecular weight excluding hydrogens is 228 g/mol. The number of hydrogen-bond acceptors (Lipinski definition) is 2.